The van der Waals surface area contributed by atoms with Crippen LogP contribution in [0.3, 0.4) is 0 Å². The summed E-state index contributed by atoms with van der Waals surface area (Å²) in [6.45, 7) is 10.7. The third-order valence-corrected chi connectivity index (χ3v) is 3.21. The van der Waals surface area contributed by atoms with Crippen LogP contribution in [0, 0.1) is 19.3 Å². The molecule has 0 unspecified atom stereocenters. The molecule has 0 heterocycles. The largest absolute Gasteiger partial charge is 0.396 e. The van der Waals surface area contributed by atoms with Crippen molar-refractivity contribution in [1.29, 1.82) is 0 Å². The normalized spacial score (nSPS) is 11.8. The Hall–Kier alpha value is -0.860. The smallest absolute Gasteiger partial charge is 0.0436 e. The maximum absolute atomic E-state index is 8.97. The average Bonchev–Trinajstić information content (AvgIpc) is 2.23. The van der Waals surface area contributed by atoms with Gasteiger partial charge >= 0.3 is 0 Å². The molecule has 0 fully saturated rings. The molecule has 0 bridgehead atoms. The van der Waals surface area contributed by atoms with Gasteiger partial charge in [-0.15, -0.1) is 0 Å². The summed E-state index contributed by atoms with van der Waals surface area (Å²) in [5.74, 6) is 0. The molecule has 0 saturated heterocycles. The number of hydrogen-bond acceptors (Lipinski definition) is 2. The molecule has 1 rings (SSSR count). The first-order valence-electron chi connectivity index (χ1n) is 6.32. The van der Waals surface area contributed by atoms with Gasteiger partial charge in [0.25, 0.3) is 0 Å². The number of aliphatic hydroxyl groups is 1. The van der Waals surface area contributed by atoms with E-state index in [1.165, 1.54) is 16.7 Å². The van der Waals surface area contributed by atoms with Gasteiger partial charge in [0, 0.05) is 19.7 Å². The van der Waals surface area contributed by atoms with E-state index < -0.39 is 0 Å². The van der Waals surface area contributed by atoms with E-state index in [4.69, 9.17) is 5.11 Å². The van der Waals surface area contributed by atoms with Crippen LogP contribution in [-0.2, 0) is 6.54 Å². The molecule has 0 aliphatic heterocycles. The van der Waals surface area contributed by atoms with Gasteiger partial charge < -0.3 is 10.4 Å². The highest BCUT2D eigenvalue weighted by Gasteiger charge is 2.16. The summed E-state index contributed by atoms with van der Waals surface area (Å²) in [5, 5.41) is 12.5. The standard InChI is InChI=1S/C15H25NO/c1-12-5-6-13(2)14(9-12)10-16-11-15(3,4)7-8-17/h5-6,9,16-17H,7-8,10-11H2,1-4H3. The molecule has 96 valence electrons. The third kappa shape index (κ3) is 4.88. The minimum absolute atomic E-state index is 0.159. The van der Waals surface area contributed by atoms with Crippen LogP contribution in [0.1, 0.15) is 37.0 Å². The Bertz CT molecular complexity index is 358. The van der Waals surface area contributed by atoms with Crippen molar-refractivity contribution in [3.05, 3.63) is 34.9 Å². The van der Waals surface area contributed by atoms with Crippen LogP contribution >= 0.6 is 0 Å². The number of aryl methyl sites for hydroxylation is 2. The van der Waals surface area contributed by atoms with Crippen molar-refractivity contribution in [2.24, 2.45) is 5.41 Å². The Morgan fingerprint density at radius 1 is 1.24 bits per heavy atom. The Morgan fingerprint density at radius 3 is 2.59 bits per heavy atom. The van der Waals surface area contributed by atoms with Crippen molar-refractivity contribution in [3.63, 3.8) is 0 Å². The fourth-order valence-corrected chi connectivity index (χ4v) is 1.92. The Balaban J connectivity index is 2.48. The first-order valence-corrected chi connectivity index (χ1v) is 6.32. The molecule has 0 aliphatic carbocycles. The maximum atomic E-state index is 8.97. The number of nitrogens with one attached hydrogen (secondary N) is 1. The number of benzene rings is 1. The SMILES string of the molecule is Cc1ccc(C)c(CNCC(C)(C)CCO)c1. The number of hydrogen-bond donors (Lipinski definition) is 2. The van der Waals surface area contributed by atoms with E-state index in [1.807, 2.05) is 0 Å². The molecular formula is C15H25NO. The lowest BCUT2D eigenvalue weighted by Gasteiger charge is -2.24. The van der Waals surface area contributed by atoms with Crippen molar-refractivity contribution in [1.82, 2.24) is 5.32 Å². The highest BCUT2D eigenvalue weighted by atomic mass is 16.3. The number of aliphatic hydroxyl groups excluding tert-OH is 1. The summed E-state index contributed by atoms with van der Waals surface area (Å²) < 4.78 is 0. The van der Waals surface area contributed by atoms with E-state index in [-0.39, 0.29) is 12.0 Å². The van der Waals surface area contributed by atoms with Crippen LogP contribution in [0.5, 0.6) is 0 Å². The third-order valence-electron chi connectivity index (χ3n) is 3.21. The van der Waals surface area contributed by atoms with Gasteiger partial charge in [-0.25, -0.2) is 0 Å². The van der Waals surface area contributed by atoms with E-state index in [0.29, 0.717) is 0 Å². The quantitative estimate of drug-likeness (QED) is 0.794. The lowest BCUT2D eigenvalue weighted by molar-refractivity contribution is 0.207. The predicted octanol–water partition coefficient (Wildman–Crippen LogP) is 2.80. The molecule has 2 nitrogen and oxygen atoms in total. The summed E-state index contributed by atoms with van der Waals surface area (Å²) in [5.41, 5.74) is 4.17. The Kier molecular flexibility index (Phi) is 5.16. The van der Waals surface area contributed by atoms with Crippen LogP contribution in [-0.4, -0.2) is 18.3 Å². The molecule has 0 aromatic heterocycles. The first-order chi connectivity index (χ1) is 7.94. The summed E-state index contributed by atoms with van der Waals surface area (Å²) in [6.07, 6.45) is 0.840. The molecule has 0 radical (unpaired) electrons. The van der Waals surface area contributed by atoms with Gasteiger partial charge in [-0.3, -0.25) is 0 Å². The van der Waals surface area contributed by atoms with E-state index in [2.05, 4.69) is 51.2 Å². The molecule has 2 heteroatoms. The molecule has 2 N–H and O–H groups in total. The second-order valence-electron chi connectivity index (χ2n) is 5.67. The van der Waals surface area contributed by atoms with Crippen molar-refractivity contribution < 1.29 is 5.11 Å². The van der Waals surface area contributed by atoms with Gasteiger partial charge in [-0.2, -0.15) is 0 Å². The summed E-state index contributed by atoms with van der Waals surface area (Å²) in [6, 6.07) is 6.56. The zero-order valence-electron chi connectivity index (χ0n) is 11.5. The summed E-state index contributed by atoms with van der Waals surface area (Å²) >= 11 is 0. The first kappa shape index (κ1) is 14.2. The van der Waals surface area contributed by atoms with Gasteiger partial charge in [0.05, 0.1) is 0 Å². The van der Waals surface area contributed by atoms with Gasteiger partial charge in [0.15, 0.2) is 0 Å². The monoisotopic (exact) mass is 235 g/mol. The lowest BCUT2D eigenvalue weighted by atomic mass is 9.89. The summed E-state index contributed by atoms with van der Waals surface area (Å²) in [7, 11) is 0. The predicted molar refractivity (Wildman–Crippen MR) is 73.1 cm³/mol. The molecule has 0 atom stereocenters. The molecule has 1 aromatic rings. The molecule has 0 spiro atoms. The fourth-order valence-electron chi connectivity index (χ4n) is 1.92. The zero-order valence-corrected chi connectivity index (χ0v) is 11.5. The molecule has 0 aliphatic rings. The van der Waals surface area contributed by atoms with Crippen molar-refractivity contribution in [2.75, 3.05) is 13.2 Å². The summed E-state index contributed by atoms with van der Waals surface area (Å²) in [4.78, 5) is 0. The fraction of sp³-hybridized carbons (Fsp3) is 0.600. The van der Waals surface area contributed by atoms with Crippen LogP contribution in [0.25, 0.3) is 0 Å². The second-order valence-corrected chi connectivity index (χ2v) is 5.67. The molecule has 0 amide bonds. The molecule has 17 heavy (non-hydrogen) atoms. The number of rotatable bonds is 6. The van der Waals surface area contributed by atoms with Crippen LogP contribution < -0.4 is 5.32 Å². The van der Waals surface area contributed by atoms with Gasteiger partial charge in [-0.05, 0) is 36.8 Å². The Morgan fingerprint density at radius 2 is 1.94 bits per heavy atom. The lowest BCUT2D eigenvalue weighted by Crippen LogP contribution is -2.30. The highest BCUT2D eigenvalue weighted by Crippen LogP contribution is 2.18. The van der Waals surface area contributed by atoms with Crippen molar-refractivity contribution >= 4 is 0 Å². The van der Waals surface area contributed by atoms with Gasteiger partial charge in [-0.1, -0.05) is 37.6 Å². The van der Waals surface area contributed by atoms with E-state index in [0.717, 1.165) is 19.5 Å². The van der Waals surface area contributed by atoms with Crippen LogP contribution in [0.15, 0.2) is 18.2 Å². The van der Waals surface area contributed by atoms with Crippen LogP contribution in [0.2, 0.25) is 0 Å². The highest BCUT2D eigenvalue weighted by molar-refractivity contribution is 5.30. The Labute approximate surface area is 105 Å². The average molecular weight is 235 g/mol. The molecule has 0 saturated carbocycles. The van der Waals surface area contributed by atoms with Gasteiger partial charge in [0.2, 0.25) is 0 Å². The molecule has 1 aromatic carbocycles. The topological polar surface area (TPSA) is 32.3 Å². The minimum Gasteiger partial charge on any atom is -0.396 e. The van der Waals surface area contributed by atoms with Gasteiger partial charge in [0.1, 0.15) is 0 Å². The minimum atomic E-state index is 0.159. The maximum Gasteiger partial charge on any atom is 0.0436 e. The van der Waals surface area contributed by atoms with Crippen molar-refractivity contribution in [3.8, 4) is 0 Å². The van der Waals surface area contributed by atoms with Crippen molar-refractivity contribution in [2.45, 2.75) is 40.7 Å². The van der Waals surface area contributed by atoms with E-state index in [9.17, 15) is 0 Å². The molecular weight excluding hydrogens is 210 g/mol. The zero-order chi connectivity index (χ0) is 12.9. The van der Waals surface area contributed by atoms with E-state index >= 15 is 0 Å². The van der Waals surface area contributed by atoms with Crippen LogP contribution in [0.4, 0.5) is 0 Å². The second kappa shape index (κ2) is 6.18. The van der Waals surface area contributed by atoms with E-state index in [1.54, 1.807) is 0 Å².